The maximum Gasteiger partial charge on any atom is 0.311 e. The van der Waals surface area contributed by atoms with E-state index in [2.05, 4.69) is 15.5 Å². The molecule has 2 aromatic rings. The van der Waals surface area contributed by atoms with E-state index in [4.69, 9.17) is 14.2 Å². The highest BCUT2D eigenvalue weighted by Gasteiger charge is 2.09. The maximum atomic E-state index is 11.5. The summed E-state index contributed by atoms with van der Waals surface area (Å²) in [6.07, 6.45) is 1.78. The molecule has 0 aliphatic rings. The van der Waals surface area contributed by atoms with Gasteiger partial charge in [-0.3, -0.25) is 19.8 Å². The molecule has 0 radical (unpaired) electrons. The third-order valence-corrected chi connectivity index (χ3v) is 4.94. The molecular weight excluding hydrogens is 448 g/mol. The number of carbonyl (C=O) groups excluding carboxylic acids is 3. The lowest BCUT2D eigenvalue weighted by molar-refractivity contribution is -0.143. The van der Waals surface area contributed by atoms with E-state index in [1.165, 1.54) is 25.2 Å². The molecule has 1 N–H and O–H groups in total. The minimum Gasteiger partial charge on any atom is -0.466 e. The lowest BCUT2D eigenvalue weighted by Crippen LogP contribution is -2.31. The van der Waals surface area contributed by atoms with Crippen molar-refractivity contribution in [3.05, 3.63) is 40.9 Å². The van der Waals surface area contributed by atoms with Gasteiger partial charge in [0.1, 0.15) is 13.2 Å². The van der Waals surface area contributed by atoms with Crippen LogP contribution in [0, 0.1) is 0 Å². The summed E-state index contributed by atoms with van der Waals surface area (Å²) in [6, 6.07) is 7.59. The molecule has 0 atom stereocenters. The summed E-state index contributed by atoms with van der Waals surface area (Å²) in [7, 11) is 0. The first-order valence-corrected chi connectivity index (χ1v) is 11.3. The van der Waals surface area contributed by atoms with Crippen LogP contribution in [0.25, 0.3) is 0 Å². The van der Waals surface area contributed by atoms with Crippen molar-refractivity contribution in [3.8, 4) is 0 Å². The summed E-state index contributed by atoms with van der Waals surface area (Å²) in [5.41, 5.74) is 5.23. The standard InChI is InChI=1S/C22H28N4O6S/c1-4-30-21(29)13-19-15-33-22(24-19)25-23-14-18-5-7-20(8-6-18)26(9-11-31-16(2)27)10-12-32-17(3)28/h5-8,14-15H,4,9-13H2,1-3H3,(H,24,25). The first-order valence-electron chi connectivity index (χ1n) is 10.4. The maximum absolute atomic E-state index is 11.5. The Bertz CT molecular complexity index is 925. The van der Waals surface area contributed by atoms with Crippen LogP contribution in [0.15, 0.2) is 34.7 Å². The van der Waals surface area contributed by atoms with Gasteiger partial charge in [-0.1, -0.05) is 12.1 Å². The predicted molar refractivity (Wildman–Crippen MR) is 126 cm³/mol. The Hall–Kier alpha value is -3.47. The molecule has 0 saturated heterocycles. The first kappa shape index (κ1) is 25.8. The van der Waals surface area contributed by atoms with E-state index >= 15 is 0 Å². The molecule has 1 heterocycles. The van der Waals surface area contributed by atoms with Gasteiger partial charge < -0.3 is 19.1 Å². The summed E-state index contributed by atoms with van der Waals surface area (Å²) in [5, 5.41) is 6.54. The highest BCUT2D eigenvalue weighted by Crippen LogP contribution is 2.17. The summed E-state index contributed by atoms with van der Waals surface area (Å²) < 4.78 is 15.0. The summed E-state index contributed by atoms with van der Waals surface area (Å²) in [6.45, 7) is 6.21. The molecule has 10 nitrogen and oxygen atoms in total. The lowest BCUT2D eigenvalue weighted by Gasteiger charge is -2.24. The van der Waals surface area contributed by atoms with Crippen molar-refractivity contribution in [1.29, 1.82) is 0 Å². The van der Waals surface area contributed by atoms with Gasteiger partial charge in [0.15, 0.2) is 0 Å². The van der Waals surface area contributed by atoms with E-state index in [-0.39, 0.29) is 37.5 Å². The Kier molecular flexibility index (Phi) is 10.8. The SMILES string of the molecule is CCOC(=O)Cc1csc(NN=Cc2ccc(N(CCOC(C)=O)CCOC(C)=O)cc2)n1. The molecule has 11 heteroatoms. The van der Waals surface area contributed by atoms with Crippen molar-refractivity contribution < 1.29 is 28.6 Å². The molecular formula is C22H28N4O6S. The number of nitrogens with zero attached hydrogens (tertiary/aromatic N) is 3. The average molecular weight is 477 g/mol. The second-order valence-electron chi connectivity index (χ2n) is 6.75. The molecule has 1 aromatic carbocycles. The topological polar surface area (TPSA) is 119 Å². The number of thiazole rings is 1. The van der Waals surface area contributed by atoms with Gasteiger partial charge in [-0.25, -0.2) is 4.98 Å². The molecule has 178 valence electrons. The second kappa shape index (κ2) is 13.8. The fourth-order valence-corrected chi connectivity index (χ4v) is 3.36. The molecule has 0 amide bonds. The van der Waals surface area contributed by atoms with Crippen LogP contribution in [0.3, 0.4) is 0 Å². The van der Waals surface area contributed by atoms with Crippen molar-refractivity contribution in [2.24, 2.45) is 5.10 Å². The van der Waals surface area contributed by atoms with Gasteiger partial charge in [0.05, 0.1) is 38.0 Å². The zero-order valence-corrected chi connectivity index (χ0v) is 19.7. The third-order valence-electron chi connectivity index (χ3n) is 4.15. The Morgan fingerprint density at radius 3 is 2.27 bits per heavy atom. The van der Waals surface area contributed by atoms with Crippen molar-refractivity contribution in [2.45, 2.75) is 27.2 Å². The smallest absolute Gasteiger partial charge is 0.311 e. The van der Waals surface area contributed by atoms with Gasteiger partial charge in [0.25, 0.3) is 0 Å². The Balaban J connectivity index is 1.92. The number of esters is 3. The van der Waals surface area contributed by atoms with Crippen LogP contribution in [0.1, 0.15) is 32.0 Å². The minimum atomic E-state index is -0.345. The summed E-state index contributed by atoms with van der Waals surface area (Å²) in [4.78, 5) is 39.8. The van der Waals surface area contributed by atoms with Gasteiger partial charge in [0.2, 0.25) is 5.13 Å². The molecule has 0 aliphatic carbocycles. The van der Waals surface area contributed by atoms with Crippen molar-refractivity contribution in [3.63, 3.8) is 0 Å². The van der Waals surface area contributed by atoms with Crippen LogP contribution in [-0.2, 0) is 35.0 Å². The zero-order chi connectivity index (χ0) is 24.1. The summed E-state index contributed by atoms with van der Waals surface area (Å²) in [5.74, 6) is -1.00. The number of hydrogen-bond donors (Lipinski definition) is 1. The number of carbonyl (C=O) groups is 3. The third kappa shape index (κ3) is 10.1. The number of ether oxygens (including phenoxy) is 3. The molecule has 0 spiro atoms. The van der Waals surface area contributed by atoms with E-state index < -0.39 is 0 Å². The number of nitrogens with one attached hydrogen (secondary N) is 1. The van der Waals surface area contributed by atoms with Crippen LogP contribution in [0.4, 0.5) is 10.8 Å². The van der Waals surface area contributed by atoms with Crippen LogP contribution in [0.5, 0.6) is 0 Å². The number of aromatic nitrogens is 1. The molecule has 0 aliphatic heterocycles. The fourth-order valence-electron chi connectivity index (χ4n) is 2.70. The van der Waals surface area contributed by atoms with Crippen LogP contribution < -0.4 is 10.3 Å². The van der Waals surface area contributed by atoms with Gasteiger partial charge in [-0.15, -0.1) is 11.3 Å². The highest BCUT2D eigenvalue weighted by molar-refractivity contribution is 7.13. The quantitative estimate of drug-likeness (QED) is 0.201. The molecule has 1 aromatic heterocycles. The van der Waals surface area contributed by atoms with Crippen LogP contribution >= 0.6 is 11.3 Å². The molecule has 0 bridgehead atoms. The van der Waals surface area contributed by atoms with Crippen molar-refractivity contribution in [2.75, 3.05) is 43.2 Å². The fraction of sp³-hybridized carbons (Fsp3) is 0.409. The van der Waals surface area contributed by atoms with E-state index in [0.717, 1.165) is 11.3 Å². The number of hydrogen-bond acceptors (Lipinski definition) is 11. The molecule has 33 heavy (non-hydrogen) atoms. The first-order chi connectivity index (χ1) is 15.9. The van der Waals surface area contributed by atoms with Gasteiger partial charge in [-0.2, -0.15) is 5.10 Å². The Labute approximate surface area is 196 Å². The van der Waals surface area contributed by atoms with Crippen molar-refractivity contribution >= 4 is 46.3 Å². The number of rotatable bonds is 13. The van der Waals surface area contributed by atoms with E-state index in [9.17, 15) is 14.4 Å². The van der Waals surface area contributed by atoms with Crippen molar-refractivity contribution in [1.82, 2.24) is 4.98 Å². The number of anilines is 2. The lowest BCUT2D eigenvalue weighted by atomic mass is 10.2. The highest BCUT2D eigenvalue weighted by atomic mass is 32.1. The monoisotopic (exact) mass is 476 g/mol. The Morgan fingerprint density at radius 1 is 1.06 bits per heavy atom. The molecule has 2 rings (SSSR count). The molecule has 0 fully saturated rings. The van der Waals surface area contributed by atoms with E-state index in [1.54, 1.807) is 18.5 Å². The number of hydrazone groups is 1. The minimum absolute atomic E-state index is 0.128. The number of benzene rings is 1. The molecule has 0 unspecified atom stereocenters. The van der Waals surface area contributed by atoms with E-state index in [0.29, 0.717) is 30.5 Å². The van der Waals surface area contributed by atoms with Crippen LogP contribution in [-0.4, -0.2) is 62.0 Å². The largest absolute Gasteiger partial charge is 0.466 e. The van der Waals surface area contributed by atoms with Gasteiger partial charge in [-0.05, 0) is 24.6 Å². The predicted octanol–water partition coefficient (Wildman–Crippen LogP) is 2.63. The van der Waals surface area contributed by atoms with Gasteiger partial charge >= 0.3 is 17.9 Å². The second-order valence-corrected chi connectivity index (χ2v) is 7.61. The van der Waals surface area contributed by atoms with E-state index in [1.807, 2.05) is 29.2 Å². The molecule has 0 saturated carbocycles. The van der Waals surface area contributed by atoms with Crippen LogP contribution in [0.2, 0.25) is 0 Å². The van der Waals surface area contributed by atoms with Gasteiger partial charge in [0, 0.05) is 24.9 Å². The summed E-state index contributed by atoms with van der Waals surface area (Å²) >= 11 is 1.35. The zero-order valence-electron chi connectivity index (χ0n) is 18.9. The Morgan fingerprint density at radius 2 is 1.70 bits per heavy atom. The normalized spacial score (nSPS) is 10.6. The average Bonchev–Trinajstić information content (AvgIpc) is 3.20.